The second kappa shape index (κ2) is 6.38. The fraction of sp³-hybridized carbons (Fsp3) is 0.538. The molecule has 0 aliphatic heterocycles. The summed E-state index contributed by atoms with van der Waals surface area (Å²) in [5.41, 5.74) is 1.76. The molecule has 2 aromatic rings. The van der Waals surface area contributed by atoms with E-state index in [4.69, 9.17) is 0 Å². The molecular formula is C13H20N6O2. The van der Waals surface area contributed by atoms with Gasteiger partial charge in [-0.2, -0.15) is 10.2 Å². The molecule has 2 rings (SSSR count). The smallest absolute Gasteiger partial charge is 0.333 e. The maximum absolute atomic E-state index is 11.2. The Morgan fingerprint density at radius 2 is 2.19 bits per heavy atom. The van der Waals surface area contributed by atoms with Crippen molar-refractivity contribution in [1.82, 2.24) is 19.6 Å². The molecule has 0 amide bonds. The Morgan fingerprint density at radius 1 is 1.43 bits per heavy atom. The van der Waals surface area contributed by atoms with Crippen molar-refractivity contribution in [3.05, 3.63) is 33.8 Å². The average molecular weight is 292 g/mol. The summed E-state index contributed by atoms with van der Waals surface area (Å²) in [6.45, 7) is 2.51. The second-order valence-electron chi connectivity index (χ2n) is 4.93. The summed E-state index contributed by atoms with van der Waals surface area (Å²) in [6, 6.07) is 0. The normalized spacial score (nSPS) is 10.8. The number of anilines is 1. The lowest BCUT2D eigenvalue weighted by molar-refractivity contribution is -0.384. The lowest BCUT2D eigenvalue weighted by Gasteiger charge is -2.05. The number of nitro groups is 1. The van der Waals surface area contributed by atoms with Gasteiger partial charge in [-0.15, -0.1) is 0 Å². The van der Waals surface area contributed by atoms with Crippen molar-refractivity contribution in [1.29, 1.82) is 0 Å². The Hall–Kier alpha value is -2.38. The van der Waals surface area contributed by atoms with Crippen molar-refractivity contribution in [2.45, 2.75) is 26.2 Å². The van der Waals surface area contributed by atoms with Crippen LogP contribution in [0.15, 0.2) is 12.4 Å². The number of nitrogens with one attached hydrogen (secondary N) is 1. The lowest BCUT2D eigenvalue weighted by Crippen LogP contribution is -2.08. The van der Waals surface area contributed by atoms with Gasteiger partial charge in [0.2, 0.25) is 5.82 Å². The Morgan fingerprint density at radius 3 is 2.76 bits per heavy atom. The molecule has 0 spiro atoms. The summed E-state index contributed by atoms with van der Waals surface area (Å²) in [6.07, 6.45) is 6.10. The van der Waals surface area contributed by atoms with Gasteiger partial charge in [0.25, 0.3) is 0 Å². The van der Waals surface area contributed by atoms with Crippen LogP contribution in [-0.2, 0) is 26.9 Å². The highest BCUT2D eigenvalue weighted by Crippen LogP contribution is 2.28. The molecule has 0 aromatic carbocycles. The third-order valence-corrected chi connectivity index (χ3v) is 3.30. The topological polar surface area (TPSA) is 90.8 Å². The monoisotopic (exact) mass is 292 g/mol. The van der Waals surface area contributed by atoms with Crippen molar-refractivity contribution >= 4 is 11.5 Å². The van der Waals surface area contributed by atoms with Crippen LogP contribution in [0.5, 0.6) is 0 Å². The highest BCUT2D eigenvalue weighted by molar-refractivity contribution is 5.59. The molecule has 2 aromatic heterocycles. The number of aromatic nitrogens is 4. The van der Waals surface area contributed by atoms with Crippen LogP contribution < -0.4 is 5.32 Å². The Balaban J connectivity index is 1.96. The van der Waals surface area contributed by atoms with Gasteiger partial charge in [-0.05, 0) is 24.8 Å². The van der Waals surface area contributed by atoms with Crippen LogP contribution in [0.1, 0.15) is 24.6 Å². The minimum atomic E-state index is -0.366. The standard InChI is InChI=1S/C13H20N6O2/c1-4-11-12(19(20)21)13(18(3)16-11)14-7-5-6-10-8-15-17(2)9-10/h8-9,14H,4-7H2,1-3H3. The van der Waals surface area contributed by atoms with Gasteiger partial charge < -0.3 is 5.32 Å². The summed E-state index contributed by atoms with van der Waals surface area (Å²) in [4.78, 5) is 10.8. The minimum absolute atomic E-state index is 0.0846. The number of hydrogen-bond acceptors (Lipinski definition) is 5. The Bertz CT molecular complexity index is 631. The molecule has 0 saturated heterocycles. The zero-order valence-corrected chi connectivity index (χ0v) is 12.5. The van der Waals surface area contributed by atoms with E-state index in [0.717, 1.165) is 18.4 Å². The van der Waals surface area contributed by atoms with Crippen molar-refractivity contribution in [2.24, 2.45) is 14.1 Å². The largest absolute Gasteiger partial charge is 0.365 e. The van der Waals surface area contributed by atoms with E-state index in [-0.39, 0.29) is 10.6 Å². The third kappa shape index (κ3) is 3.39. The molecular weight excluding hydrogens is 272 g/mol. The molecule has 0 saturated carbocycles. The van der Waals surface area contributed by atoms with Crippen LogP contribution in [0.25, 0.3) is 0 Å². The summed E-state index contributed by atoms with van der Waals surface area (Å²) in [5, 5.41) is 22.6. The number of rotatable bonds is 7. The van der Waals surface area contributed by atoms with Crippen LogP contribution in [0, 0.1) is 10.1 Å². The van der Waals surface area contributed by atoms with Crippen molar-refractivity contribution in [3.8, 4) is 0 Å². The molecule has 2 heterocycles. The lowest BCUT2D eigenvalue weighted by atomic mass is 10.2. The van der Waals surface area contributed by atoms with E-state index < -0.39 is 0 Å². The van der Waals surface area contributed by atoms with Gasteiger partial charge in [-0.25, -0.2) is 4.68 Å². The van der Waals surface area contributed by atoms with Gasteiger partial charge in [-0.1, -0.05) is 6.92 Å². The van der Waals surface area contributed by atoms with E-state index in [1.54, 1.807) is 16.4 Å². The van der Waals surface area contributed by atoms with Crippen LogP contribution >= 0.6 is 0 Å². The predicted octanol–water partition coefficient (Wildman–Crippen LogP) is 1.67. The molecule has 8 nitrogen and oxygen atoms in total. The maximum atomic E-state index is 11.2. The molecule has 0 atom stereocenters. The molecule has 21 heavy (non-hydrogen) atoms. The van der Waals surface area contributed by atoms with Crippen LogP contribution in [0.4, 0.5) is 11.5 Å². The van der Waals surface area contributed by atoms with Gasteiger partial charge in [0, 0.05) is 26.8 Å². The fourth-order valence-corrected chi connectivity index (χ4v) is 2.30. The Labute approximate surface area is 122 Å². The van der Waals surface area contributed by atoms with Crippen LogP contribution in [0.3, 0.4) is 0 Å². The van der Waals surface area contributed by atoms with Gasteiger partial charge >= 0.3 is 5.69 Å². The molecule has 0 fully saturated rings. The first-order chi connectivity index (χ1) is 10.0. The van der Waals surface area contributed by atoms with E-state index in [1.165, 1.54) is 0 Å². The van der Waals surface area contributed by atoms with E-state index in [1.807, 2.05) is 26.4 Å². The fourth-order valence-electron chi connectivity index (χ4n) is 2.30. The molecule has 1 N–H and O–H groups in total. The molecule has 0 radical (unpaired) electrons. The van der Waals surface area contributed by atoms with Crippen LogP contribution in [-0.4, -0.2) is 31.0 Å². The first-order valence-corrected chi connectivity index (χ1v) is 6.94. The Kier molecular flexibility index (Phi) is 4.56. The van der Waals surface area contributed by atoms with Gasteiger partial charge in [-0.3, -0.25) is 14.8 Å². The quantitative estimate of drug-likeness (QED) is 0.476. The second-order valence-corrected chi connectivity index (χ2v) is 4.93. The highest BCUT2D eigenvalue weighted by Gasteiger charge is 2.25. The maximum Gasteiger partial charge on any atom is 0.333 e. The minimum Gasteiger partial charge on any atom is -0.365 e. The molecule has 0 aliphatic carbocycles. The first-order valence-electron chi connectivity index (χ1n) is 6.94. The van der Waals surface area contributed by atoms with E-state index in [2.05, 4.69) is 15.5 Å². The van der Waals surface area contributed by atoms with Crippen molar-refractivity contribution < 1.29 is 4.92 Å². The molecule has 114 valence electrons. The average Bonchev–Trinajstić information content (AvgIpc) is 2.98. The van der Waals surface area contributed by atoms with E-state index in [9.17, 15) is 10.1 Å². The third-order valence-electron chi connectivity index (χ3n) is 3.30. The zero-order valence-electron chi connectivity index (χ0n) is 12.5. The van der Waals surface area contributed by atoms with Gasteiger partial charge in [0.15, 0.2) is 0 Å². The molecule has 0 aliphatic rings. The van der Waals surface area contributed by atoms with E-state index in [0.29, 0.717) is 24.5 Å². The van der Waals surface area contributed by atoms with Crippen LogP contribution in [0.2, 0.25) is 0 Å². The van der Waals surface area contributed by atoms with E-state index >= 15 is 0 Å². The highest BCUT2D eigenvalue weighted by atomic mass is 16.6. The molecule has 8 heteroatoms. The van der Waals surface area contributed by atoms with Gasteiger partial charge in [0.1, 0.15) is 5.69 Å². The summed E-state index contributed by atoms with van der Waals surface area (Å²) >= 11 is 0. The summed E-state index contributed by atoms with van der Waals surface area (Å²) < 4.78 is 3.31. The van der Waals surface area contributed by atoms with Crippen molar-refractivity contribution in [3.63, 3.8) is 0 Å². The molecule has 0 unspecified atom stereocenters. The SMILES string of the molecule is CCc1nn(C)c(NCCCc2cnn(C)c2)c1[N+](=O)[O-]. The summed E-state index contributed by atoms with van der Waals surface area (Å²) in [7, 11) is 3.60. The first kappa shape index (κ1) is 15.0. The molecule has 0 bridgehead atoms. The summed E-state index contributed by atoms with van der Waals surface area (Å²) in [5.74, 6) is 0.475. The van der Waals surface area contributed by atoms with Gasteiger partial charge in [0.05, 0.1) is 11.1 Å². The number of aryl methyl sites for hydroxylation is 4. The number of hydrogen-bond donors (Lipinski definition) is 1. The number of nitrogens with zero attached hydrogens (tertiary/aromatic N) is 5. The predicted molar refractivity (Wildman–Crippen MR) is 79.3 cm³/mol. The van der Waals surface area contributed by atoms with Crippen molar-refractivity contribution in [2.75, 3.05) is 11.9 Å². The zero-order chi connectivity index (χ0) is 15.4.